The number of hydrogen-bond acceptors (Lipinski definition) is 4. The first kappa shape index (κ1) is 11.5. The minimum atomic E-state index is 0.660. The summed E-state index contributed by atoms with van der Waals surface area (Å²) in [6, 6.07) is 8.73. The smallest absolute Gasteiger partial charge is 0.180 e. The molecule has 0 bridgehead atoms. The summed E-state index contributed by atoms with van der Waals surface area (Å²) in [5.74, 6) is 0. The van der Waals surface area contributed by atoms with Gasteiger partial charge in [0.05, 0.1) is 6.54 Å². The molecule has 2 N–H and O–H groups in total. The van der Waals surface area contributed by atoms with Crippen molar-refractivity contribution < 1.29 is 0 Å². The van der Waals surface area contributed by atoms with E-state index in [0.29, 0.717) is 5.13 Å². The monoisotopic (exact) mass is 259 g/mol. The molecular weight excluding hydrogens is 242 g/mol. The van der Waals surface area contributed by atoms with Crippen LogP contribution in [0.1, 0.15) is 23.3 Å². The molecule has 1 aliphatic heterocycles. The predicted octanol–water partition coefficient (Wildman–Crippen LogP) is 3.07. The summed E-state index contributed by atoms with van der Waals surface area (Å²) in [7, 11) is 0. The van der Waals surface area contributed by atoms with Crippen molar-refractivity contribution in [3.63, 3.8) is 0 Å². The molecule has 3 nitrogen and oxygen atoms in total. The number of aryl methyl sites for hydroxylation is 1. The summed E-state index contributed by atoms with van der Waals surface area (Å²) in [6.07, 6.45) is 5.62. The number of benzene rings is 1. The first-order valence-corrected chi connectivity index (χ1v) is 7.17. The van der Waals surface area contributed by atoms with E-state index < -0.39 is 0 Å². The summed E-state index contributed by atoms with van der Waals surface area (Å²) in [5, 5.41) is 0.660. The van der Waals surface area contributed by atoms with Crippen LogP contribution < -0.4 is 10.6 Å². The molecule has 1 aromatic carbocycles. The number of fused-ring (bicyclic) bond motifs is 1. The average Bonchev–Trinajstić information content (AvgIpc) is 2.68. The van der Waals surface area contributed by atoms with E-state index in [1.54, 1.807) is 11.3 Å². The molecule has 3 rings (SSSR count). The Labute approximate surface area is 111 Å². The fourth-order valence-corrected chi connectivity index (χ4v) is 3.22. The van der Waals surface area contributed by atoms with Crippen LogP contribution in [0.4, 0.5) is 10.8 Å². The van der Waals surface area contributed by atoms with Gasteiger partial charge in [-0.1, -0.05) is 18.2 Å². The van der Waals surface area contributed by atoms with E-state index in [1.807, 2.05) is 6.20 Å². The molecule has 0 aliphatic carbocycles. The van der Waals surface area contributed by atoms with Crippen LogP contribution in [0, 0.1) is 0 Å². The van der Waals surface area contributed by atoms with E-state index in [0.717, 1.165) is 13.1 Å². The third-order valence-electron chi connectivity index (χ3n) is 3.37. The van der Waals surface area contributed by atoms with Gasteiger partial charge in [-0.15, -0.1) is 11.3 Å². The highest BCUT2D eigenvalue weighted by Crippen LogP contribution is 2.28. The average molecular weight is 259 g/mol. The second kappa shape index (κ2) is 4.98. The zero-order chi connectivity index (χ0) is 12.4. The molecule has 2 aromatic rings. The lowest BCUT2D eigenvalue weighted by Gasteiger charge is -2.24. The quantitative estimate of drug-likeness (QED) is 0.901. The lowest BCUT2D eigenvalue weighted by atomic mass is 10.1. The highest BCUT2D eigenvalue weighted by atomic mass is 32.1. The molecule has 0 unspecified atom stereocenters. The van der Waals surface area contributed by atoms with Gasteiger partial charge in [-0.2, -0.15) is 0 Å². The van der Waals surface area contributed by atoms with Crippen LogP contribution in [0.2, 0.25) is 0 Å². The van der Waals surface area contributed by atoms with Gasteiger partial charge in [0, 0.05) is 23.3 Å². The normalized spacial score (nSPS) is 15.2. The van der Waals surface area contributed by atoms with Crippen molar-refractivity contribution in [1.82, 2.24) is 4.98 Å². The Kier molecular flexibility index (Phi) is 3.19. The molecule has 0 atom stereocenters. The lowest BCUT2D eigenvalue weighted by Crippen LogP contribution is -2.22. The Hall–Kier alpha value is -1.55. The van der Waals surface area contributed by atoms with Crippen molar-refractivity contribution in [2.45, 2.75) is 25.8 Å². The molecule has 18 heavy (non-hydrogen) atoms. The van der Waals surface area contributed by atoms with Crippen molar-refractivity contribution in [3.05, 3.63) is 40.9 Å². The maximum absolute atomic E-state index is 5.70. The molecule has 1 aromatic heterocycles. The van der Waals surface area contributed by atoms with Crippen LogP contribution >= 0.6 is 11.3 Å². The van der Waals surface area contributed by atoms with E-state index in [2.05, 4.69) is 34.1 Å². The predicted molar refractivity (Wildman–Crippen MR) is 77.0 cm³/mol. The van der Waals surface area contributed by atoms with Gasteiger partial charge in [0.1, 0.15) is 0 Å². The largest absolute Gasteiger partial charge is 0.375 e. The minimum Gasteiger partial charge on any atom is -0.375 e. The first-order valence-electron chi connectivity index (χ1n) is 6.36. The third kappa shape index (κ3) is 2.34. The van der Waals surface area contributed by atoms with Gasteiger partial charge in [0.25, 0.3) is 0 Å². The third-order valence-corrected chi connectivity index (χ3v) is 4.19. The summed E-state index contributed by atoms with van der Waals surface area (Å²) in [5.41, 5.74) is 8.54. The zero-order valence-corrected chi connectivity index (χ0v) is 11.1. The van der Waals surface area contributed by atoms with Crippen molar-refractivity contribution in [2.75, 3.05) is 17.2 Å². The van der Waals surface area contributed by atoms with Gasteiger partial charge in [-0.25, -0.2) is 4.98 Å². The highest BCUT2D eigenvalue weighted by Gasteiger charge is 2.15. The summed E-state index contributed by atoms with van der Waals surface area (Å²) >= 11 is 1.59. The number of anilines is 2. The topological polar surface area (TPSA) is 42.1 Å². The van der Waals surface area contributed by atoms with Crippen LogP contribution in [0.3, 0.4) is 0 Å². The maximum Gasteiger partial charge on any atom is 0.180 e. The molecule has 4 heteroatoms. The fraction of sp³-hybridized carbons (Fsp3) is 0.357. The van der Waals surface area contributed by atoms with Crippen molar-refractivity contribution >= 4 is 22.2 Å². The van der Waals surface area contributed by atoms with Crippen LogP contribution in [0.15, 0.2) is 30.5 Å². The number of nitrogens with two attached hydrogens (primary N) is 1. The zero-order valence-electron chi connectivity index (χ0n) is 10.3. The first-order chi connectivity index (χ1) is 8.83. The van der Waals surface area contributed by atoms with Crippen LogP contribution in [-0.2, 0) is 13.0 Å². The molecule has 0 fully saturated rings. The number of hydrogen-bond donors (Lipinski definition) is 1. The number of thiazole rings is 1. The number of aromatic nitrogens is 1. The van der Waals surface area contributed by atoms with E-state index in [9.17, 15) is 0 Å². The highest BCUT2D eigenvalue weighted by molar-refractivity contribution is 7.15. The SMILES string of the molecule is Nc1ncc(CN2CCCCc3ccccc32)s1. The molecule has 0 amide bonds. The second-order valence-corrected chi connectivity index (χ2v) is 5.82. The molecular formula is C14H17N3S. The van der Waals surface area contributed by atoms with E-state index in [-0.39, 0.29) is 0 Å². The van der Waals surface area contributed by atoms with Gasteiger partial charge in [0.15, 0.2) is 5.13 Å². The van der Waals surface area contributed by atoms with Crippen molar-refractivity contribution in [2.24, 2.45) is 0 Å². The Morgan fingerprint density at radius 3 is 3.00 bits per heavy atom. The lowest BCUT2D eigenvalue weighted by molar-refractivity contribution is 0.717. The molecule has 0 saturated heterocycles. The molecule has 94 valence electrons. The van der Waals surface area contributed by atoms with E-state index >= 15 is 0 Å². The number of rotatable bonds is 2. The van der Waals surface area contributed by atoms with Crippen molar-refractivity contribution in [1.29, 1.82) is 0 Å². The molecule has 2 heterocycles. The van der Waals surface area contributed by atoms with Crippen LogP contribution in [0.25, 0.3) is 0 Å². The van der Waals surface area contributed by atoms with Gasteiger partial charge >= 0.3 is 0 Å². The van der Waals surface area contributed by atoms with Gasteiger partial charge < -0.3 is 10.6 Å². The summed E-state index contributed by atoms with van der Waals surface area (Å²) in [4.78, 5) is 7.82. The van der Waals surface area contributed by atoms with Crippen LogP contribution in [-0.4, -0.2) is 11.5 Å². The Morgan fingerprint density at radius 1 is 1.28 bits per heavy atom. The second-order valence-electron chi connectivity index (χ2n) is 4.67. The molecule has 0 radical (unpaired) electrons. The van der Waals surface area contributed by atoms with Gasteiger partial charge in [-0.05, 0) is 30.9 Å². The standard InChI is InChI=1S/C14H17N3S/c15-14-16-9-12(18-14)10-17-8-4-3-6-11-5-1-2-7-13(11)17/h1-2,5,7,9H,3-4,6,8,10H2,(H2,15,16). The fourth-order valence-electron chi connectivity index (χ4n) is 2.52. The molecule has 0 spiro atoms. The Balaban J connectivity index is 1.87. The van der Waals surface area contributed by atoms with E-state index in [1.165, 1.54) is 35.4 Å². The number of nitrogens with zero attached hydrogens (tertiary/aromatic N) is 2. The Bertz CT molecular complexity index is 535. The van der Waals surface area contributed by atoms with Gasteiger partial charge in [-0.3, -0.25) is 0 Å². The molecule has 0 saturated carbocycles. The van der Waals surface area contributed by atoms with Crippen molar-refractivity contribution in [3.8, 4) is 0 Å². The maximum atomic E-state index is 5.70. The minimum absolute atomic E-state index is 0.660. The molecule has 1 aliphatic rings. The van der Waals surface area contributed by atoms with Gasteiger partial charge in [0.2, 0.25) is 0 Å². The summed E-state index contributed by atoms with van der Waals surface area (Å²) < 4.78 is 0. The number of nitrogen functional groups attached to an aromatic ring is 1. The van der Waals surface area contributed by atoms with E-state index in [4.69, 9.17) is 5.73 Å². The Morgan fingerprint density at radius 2 is 2.17 bits per heavy atom. The summed E-state index contributed by atoms with van der Waals surface area (Å²) in [6.45, 7) is 2.04. The number of para-hydroxylation sites is 1. The van der Waals surface area contributed by atoms with Crippen LogP contribution in [0.5, 0.6) is 0 Å².